The Labute approximate surface area is 276 Å². The summed E-state index contributed by atoms with van der Waals surface area (Å²) in [6.45, 7) is 12.9. The molecule has 0 radical (unpaired) electrons. The van der Waals surface area contributed by atoms with E-state index < -0.39 is 5.97 Å². The van der Waals surface area contributed by atoms with Gasteiger partial charge in [-0.3, -0.25) is 9.69 Å². The zero-order valence-electron chi connectivity index (χ0n) is 27.6. The number of aromatic nitrogens is 2. The number of nitrogens with zero attached hydrogens (tertiary/aromatic N) is 4. The molecule has 5 heterocycles. The fourth-order valence-electron chi connectivity index (χ4n) is 8.10. The Morgan fingerprint density at radius 2 is 1.93 bits per heavy atom. The molecule has 1 saturated heterocycles. The maximum atomic E-state index is 12.1. The third kappa shape index (κ3) is 6.14. The van der Waals surface area contributed by atoms with E-state index in [0.717, 1.165) is 93.8 Å². The van der Waals surface area contributed by atoms with Gasteiger partial charge in [0, 0.05) is 37.3 Å². The number of aryl methyl sites for hydroxylation is 1. The van der Waals surface area contributed by atoms with Crippen molar-refractivity contribution in [3.63, 3.8) is 0 Å². The second-order valence-corrected chi connectivity index (χ2v) is 15.0. The lowest BCUT2D eigenvalue weighted by atomic mass is 9.84. The standard InChI is InChI=1S/C38H46N4O3S/c1-23(2)42-16-15-41-22-28(42)18-24(3)8-5-6-9-26-14-17-45-33-13-12-27(20-30(26)33)36-29(21-35(43)44)25(4)19-32-37(36)46-38(40-32)31-10-7-11-34(41)39-31/h7,10-13,19-20,23-24,26,28H,5-6,8-9,14-18,21-22H2,1-4H3,(H,43,44). The normalized spacial score (nSPS) is 22.2. The average Bonchev–Trinajstić information content (AvgIpc) is 3.46. The lowest BCUT2D eigenvalue weighted by Crippen LogP contribution is -2.56. The van der Waals surface area contributed by atoms with Crippen LogP contribution in [0.4, 0.5) is 5.82 Å². The first-order valence-electron chi connectivity index (χ1n) is 17.1. The number of rotatable bonds is 3. The van der Waals surface area contributed by atoms with Crippen LogP contribution in [0.15, 0.2) is 42.5 Å². The van der Waals surface area contributed by atoms with Gasteiger partial charge in [0.15, 0.2) is 0 Å². The predicted molar refractivity (Wildman–Crippen MR) is 187 cm³/mol. The van der Waals surface area contributed by atoms with Gasteiger partial charge in [0.05, 0.1) is 23.2 Å². The zero-order valence-corrected chi connectivity index (χ0v) is 28.4. The van der Waals surface area contributed by atoms with E-state index in [1.54, 1.807) is 11.3 Å². The highest BCUT2D eigenvalue weighted by atomic mass is 32.1. The van der Waals surface area contributed by atoms with Gasteiger partial charge in [-0.15, -0.1) is 11.3 Å². The minimum atomic E-state index is -0.825. The summed E-state index contributed by atoms with van der Waals surface area (Å²) < 4.78 is 7.17. The summed E-state index contributed by atoms with van der Waals surface area (Å²) in [7, 11) is 0. The number of fused-ring (bicyclic) bond motifs is 9. The van der Waals surface area contributed by atoms with Crippen LogP contribution in [0.3, 0.4) is 0 Å². The van der Waals surface area contributed by atoms with Gasteiger partial charge in [0.1, 0.15) is 22.3 Å². The molecule has 1 N–H and O–H groups in total. The third-order valence-corrected chi connectivity index (χ3v) is 11.6. The number of piperazine rings is 1. The summed E-state index contributed by atoms with van der Waals surface area (Å²) in [5.41, 5.74) is 6.87. The van der Waals surface area contributed by atoms with Gasteiger partial charge in [-0.05, 0) is 104 Å². The quantitative estimate of drug-likeness (QED) is 0.242. The molecule has 3 aliphatic rings. The minimum absolute atomic E-state index is 0.0310. The molecule has 46 heavy (non-hydrogen) atoms. The Morgan fingerprint density at radius 3 is 2.76 bits per heavy atom. The summed E-state index contributed by atoms with van der Waals surface area (Å²) >= 11 is 1.62. The van der Waals surface area contributed by atoms with Crippen LogP contribution in [-0.4, -0.2) is 64.3 Å². The molecular weight excluding hydrogens is 593 g/mol. The molecule has 0 saturated carbocycles. The topological polar surface area (TPSA) is 78.8 Å². The summed E-state index contributed by atoms with van der Waals surface area (Å²) in [5.74, 6) is 2.26. The second kappa shape index (κ2) is 13.0. The number of pyridine rings is 1. The maximum Gasteiger partial charge on any atom is 0.307 e. The summed E-state index contributed by atoms with van der Waals surface area (Å²) in [6.07, 6.45) is 7.03. The van der Waals surface area contributed by atoms with E-state index in [2.05, 4.69) is 73.0 Å². The van der Waals surface area contributed by atoms with Gasteiger partial charge in [-0.25, -0.2) is 9.97 Å². The molecule has 0 spiro atoms. The molecule has 242 valence electrons. The van der Waals surface area contributed by atoms with E-state index in [-0.39, 0.29) is 6.42 Å². The van der Waals surface area contributed by atoms with Crippen LogP contribution < -0.4 is 9.64 Å². The van der Waals surface area contributed by atoms with Crippen LogP contribution in [0.1, 0.15) is 81.9 Å². The predicted octanol–water partition coefficient (Wildman–Crippen LogP) is 8.33. The zero-order chi connectivity index (χ0) is 31.9. The highest BCUT2D eigenvalue weighted by Crippen LogP contribution is 2.45. The molecule has 8 heteroatoms. The smallest absolute Gasteiger partial charge is 0.307 e. The molecule has 7 nitrogen and oxygen atoms in total. The van der Waals surface area contributed by atoms with Crippen molar-refractivity contribution in [1.29, 1.82) is 0 Å². The van der Waals surface area contributed by atoms with Crippen LogP contribution in [-0.2, 0) is 11.2 Å². The number of ether oxygens (including phenoxy) is 1. The van der Waals surface area contributed by atoms with Gasteiger partial charge in [-0.2, -0.15) is 0 Å². The first-order chi connectivity index (χ1) is 22.2. The van der Waals surface area contributed by atoms with Crippen LogP contribution >= 0.6 is 11.3 Å². The molecule has 3 atom stereocenters. The number of hydrogen-bond acceptors (Lipinski definition) is 7. The lowest BCUT2D eigenvalue weighted by Gasteiger charge is -2.45. The summed E-state index contributed by atoms with van der Waals surface area (Å²) in [6, 6.07) is 15.9. The molecule has 0 amide bonds. The second-order valence-electron chi connectivity index (χ2n) is 14.0. The van der Waals surface area contributed by atoms with Gasteiger partial charge in [0.2, 0.25) is 0 Å². The monoisotopic (exact) mass is 638 g/mol. The number of hydrogen-bond donors (Lipinski definition) is 1. The number of aliphatic carboxylic acids is 1. The van der Waals surface area contributed by atoms with Gasteiger partial charge in [-0.1, -0.05) is 38.3 Å². The highest BCUT2D eigenvalue weighted by molar-refractivity contribution is 7.22. The molecular formula is C38H46N4O3S. The van der Waals surface area contributed by atoms with E-state index in [1.807, 2.05) is 6.92 Å². The van der Waals surface area contributed by atoms with Crippen molar-refractivity contribution in [2.24, 2.45) is 5.92 Å². The summed E-state index contributed by atoms with van der Waals surface area (Å²) in [5, 5.41) is 10.8. The van der Waals surface area contributed by atoms with Crippen LogP contribution in [0, 0.1) is 12.8 Å². The minimum Gasteiger partial charge on any atom is -0.493 e. The van der Waals surface area contributed by atoms with E-state index in [0.29, 0.717) is 23.9 Å². The first kappa shape index (κ1) is 31.1. The van der Waals surface area contributed by atoms with Crippen LogP contribution in [0.25, 0.3) is 32.0 Å². The van der Waals surface area contributed by atoms with Gasteiger partial charge >= 0.3 is 5.97 Å². The Kier molecular flexibility index (Phi) is 8.77. The number of carbonyl (C=O) groups is 1. The van der Waals surface area contributed by atoms with Crippen LogP contribution in [0.2, 0.25) is 0 Å². The third-order valence-electron chi connectivity index (χ3n) is 10.4. The van der Waals surface area contributed by atoms with Gasteiger partial charge in [0.25, 0.3) is 0 Å². The molecule has 0 aliphatic carbocycles. The van der Waals surface area contributed by atoms with Gasteiger partial charge < -0.3 is 14.7 Å². The average molecular weight is 639 g/mol. The maximum absolute atomic E-state index is 12.1. The van der Waals surface area contributed by atoms with E-state index in [9.17, 15) is 9.90 Å². The number of carboxylic acids is 1. The Morgan fingerprint density at radius 1 is 1.09 bits per heavy atom. The SMILES string of the molecule is Cc1cc2nc3sc2c(c1CC(=O)O)-c1ccc2c(c1)C(CCCCC(C)CC1CN(CCN1C(C)C)c1cccc-3n1)CCO2. The fourth-order valence-corrected chi connectivity index (χ4v) is 9.21. The van der Waals surface area contributed by atoms with E-state index in [1.165, 1.54) is 31.2 Å². The molecule has 2 aromatic heterocycles. The molecule has 2 aromatic carbocycles. The van der Waals surface area contributed by atoms with Crippen molar-refractivity contribution in [3.8, 4) is 27.6 Å². The molecule has 4 aromatic rings. The number of anilines is 1. The molecule has 1 fully saturated rings. The molecule has 8 bridgehead atoms. The lowest BCUT2D eigenvalue weighted by molar-refractivity contribution is -0.136. The number of thiazole rings is 1. The molecule has 7 rings (SSSR count). The molecule has 3 aliphatic heterocycles. The van der Waals surface area contributed by atoms with Crippen LogP contribution in [0.5, 0.6) is 5.75 Å². The number of benzene rings is 2. The van der Waals surface area contributed by atoms with Crippen molar-refractivity contribution in [2.75, 3.05) is 31.1 Å². The van der Waals surface area contributed by atoms with E-state index >= 15 is 0 Å². The van der Waals surface area contributed by atoms with Crippen molar-refractivity contribution >= 4 is 33.3 Å². The summed E-state index contributed by atoms with van der Waals surface area (Å²) in [4.78, 5) is 27.6. The Bertz CT molecular complexity index is 1750. The Hall–Kier alpha value is -3.49. The largest absolute Gasteiger partial charge is 0.493 e. The van der Waals surface area contributed by atoms with E-state index in [4.69, 9.17) is 14.7 Å². The Balaban J connectivity index is 1.37. The number of carboxylic acid groups (broad SMARTS) is 1. The van der Waals surface area contributed by atoms with Crippen molar-refractivity contribution < 1.29 is 14.6 Å². The first-order valence-corrected chi connectivity index (χ1v) is 18.0. The van der Waals surface area contributed by atoms with Crippen molar-refractivity contribution in [3.05, 3.63) is 59.2 Å². The fraction of sp³-hybridized carbons (Fsp3) is 0.500. The van der Waals surface area contributed by atoms with Crippen molar-refractivity contribution in [1.82, 2.24) is 14.9 Å². The highest BCUT2D eigenvalue weighted by Gasteiger charge is 2.31. The molecule has 3 unspecified atom stereocenters. The van der Waals surface area contributed by atoms with Crippen molar-refractivity contribution in [2.45, 2.75) is 90.6 Å².